The first-order valence-electron chi connectivity index (χ1n) is 9.46. The highest BCUT2D eigenvalue weighted by Crippen LogP contribution is 2.32. The van der Waals surface area contributed by atoms with Gasteiger partial charge in [0, 0.05) is 21.8 Å². The van der Waals surface area contributed by atoms with Gasteiger partial charge in [-0.25, -0.2) is 9.97 Å². The van der Waals surface area contributed by atoms with Gasteiger partial charge in [0.2, 0.25) is 0 Å². The zero-order valence-corrected chi connectivity index (χ0v) is 17.5. The van der Waals surface area contributed by atoms with Crippen LogP contribution in [0.15, 0.2) is 30.3 Å². The molecule has 6 heteroatoms. The van der Waals surface area contributed by atoms with Crippen molar-refractivity contribution in [2.75, 3.05) is 5.32 Å². The molecule has 0 saturated carbocycles. The summed E-state index contributed by atoms with van der Waals surface area (Å²) < 4.78 is 0. The summed E-state index contributed by atoms with van der Waals surface area (Å²) in [5, 5.41) is 12.3. The Morgan fingerprint density at radius 2 is 1.82 bits per heavy atom. The van der Waals surface area contributed by atoms with Crippen LogP contribution in [0.1, 0.15) is 41.1 Å². The van der Waals surface area contributed by atoms with E-state index in [1.54, 1.807) is 11.3 Å². The van der Waals surface area contributed by atoms with Gasteiger partial charge in [-0.3, -0.25) is 4.79 Å². The summed E-state index contributed by atoms with van der Waals surface area (Å²) in [7, 11) is 0. The van der Waals surface area contributed by atoms with Crippen LogP contribution < -0.4 is 5.32 Å². The van der Waals surface area contributed by atoms with Crippen molar-refractivity contribution in [1.29, 1.82) is 0 Å². The Bertz CT molecular complexity index is 974. The molecule has 28 heavy (non-hydrogen) atoms. The monoisotopic (exact) mass is 395 g/mol. The van der Waals surface area contributed by atoms with Gasteiger partial charge in [0.15, 0.2) is 5.82 Å². The lowest BCUT2D eigenvalue weighted by molar-refractivity contribution is -0.136. The lowest BCUT2D eigenvalue weighted by Crippen LogP contribution is -2.07. The fourth-order valence-electron chi connectivity index (χ4n) is 3.11. The highest BCUT2D eigenvalue weighted by Gasteiger charge is 2.15. The van der Waals surface area contributed by atoms with Gasteiger partial charge in [0.25, 0.3) is 0 Å². The predicted molar refractivity (Wildman–Crippen MR) is 115 cm³/mol. The quantitative estimate of drug-likeness (QED) is 0.566. The van der Waals surface area contributed by atoms with Crippen molar-refractivity contribution in [2.24, 2.45) is 0 Å². The smallest absolute Gasteiger partial charge is 0.307 e. The van der Waals surface area contributed by atoms with E-state index >= 15 is 0 Å². The van der Waals surface area contributed by atoms with Crippen LogP contribution in [0.25, 0.3) is 10.7 Å². The van der Waals surface area contributed by atoms with E-state index in [-0.39, 0.29) is 6.42 Å². The molecular weight excluding hydrogens is 370 g/mol. The number of aromatic nitrogens is 2. The first kappa shape index (κ1) is 20.0. The summed E-state index contributed by atoms with van der Waals surface area (Å²) in [5.74, 6) is 0.739. The highest BCUT2D eigenvalue weighted by molar-refractivity contribution is 7.15. The van der Waals surface area contributed by atoms with Gasteiger partial charge >= 0.3 is 5.97 Å². The molecule has 0 aliphatic carbocycles. The molecule has 0 fully saturated rings. The molecule has 1 aromatic carbocycles. The number of carbonyl (C=O) groups is 1. The molecule has 3 rings (SSSR count). The van der Waals surface area contributed by atoms with Crippen LogP contribution in [0.3, 0.4) is 0 Å². The topological polar surface area (TPSA) is 75.1 Å². The lowest BCUT2D eigenvalue weighted by atomic mass is 10.1. The molecule has 2 heterocycles. The van der Waals surface area contributed by atoms with Gasteiger partial charge < -0.3 is 10.4 Å². The average molecular weight is 396 g/mol. The van der Waals surface area contributed by atoms with Crippen LogP contribution in [0, 0.1) is 13.8 Å². The molecule has 0 saturated heterocycles. The maximum Gasteiger partial charge on any atom is 0.307 e. The second-order valence-electron chi connectivity index (χ2n) is 6.77. The van der Waals surface area contributed by atoms with E-state index in [1.165, 1.54) is 10.4 Å². The summed E-state index contributed by atoms with van der Waals surface area (Å²) in [4.78, 5) is 22.9. The van der Waals surface area contributed by atoms with Gasteiger partial charge in [-0.2, -0.15) is 0 Å². The number of hydrogen-bond acceptors (Lipinski definition) is 5. The van der Waals surface area contributed by atoms with Crippen molar-refractivity contribution < 1.29 is 9.90 Å². The first-order valence-corrected chi connectivity index (χ1v) is 10.3. The predicted octanol–water partition coefficient (Wildman–Crippen LogP) is 5.32. The van der Waals surface area contributed by atoms with Crippen LogP contribution in [0.5, 0.6) is 0 Å². The van der Waals surface area contributed by atoms with Crippen molar-refractivity contribution in [3.63, 3.8) is 0 Å². The molecule has 5 nitrogen and oxygen atoms in total. The summed E-state index contributed by atoms with van der Waals surface area (Å²) in [5.41, 5.74) is 5.09. The number of rotatable bonds is 7. The van der Waals surface area contributed by atoms with E-state index in [1.807, 2.05) is 24.3 Å². The van der Waals surface area contributed by atoms with E-state index in [9.17, 15) is 4.79 Å². The Morgan fingerprint density at radius 1 is 1.11 bits per heavy atom. The summed E-state index contributed by atoms with van der Waals surface area (Å²) >= 11 is 1.71. The number of aryl methyl sites for hydroxylation is 3. The van der Waals surface area contributed by atoms with Crippen LogP contribution >= 0.6 is 11.3 Å². The number of anilines is 2. The Hall–Kier alpha value is -2.73. The van der Waals surface area contributed by atoms with Crippen LogP contribution in [0.4, 0.5) is 11.5 Å². The molecule has 0 unspecified atom stereocenters. The minimum Gasteiger partial charge on any atom is -0.481 e. The Kier molecular flexibility index (Phi) is 6.09. The zero-order chi connectivity index (χ0) is 20.3. The van der Waals surface area contributed by atoms with Crippen LogP contribution in [-0.2, 0) is 24.1 Å². The molecule has 3 aromatic rings. The van der Waals surface area contributed by atoms with E-state index in [0.717, 1.165) is 51.9 Å². The molecule has 0 aliphatic heterocycles. The number of hydrogen-bond donors (Lipinski definition) is 2. The Labute approximate surface area is 169 Å². The van der Waals surface area contributed by atoms with Gasteiger partial charge in [-0.1, -0.05) is 26.0 Å². The largest absolute Gasteiger partial charge is 0.481 e. The lowest BCUT2D eigenvalue weighted by Gasteiger charge is -2.15. The second-order valence-corrected chi connectivity index (χ2v) is 8.03. The van der Waals surface area contributed by atoms with Gasteiger partial charge in [0.05, 0.1) is 11.3 Å². The average Bonchev–Trinajstić information content (AvgIpc) is 3.01. The Morgan fingerprint density at radius 3 is 2.36 bits per heavy atom. The number of aliphatic carboxylic acids is 1. The number of nitrogens with zero attached hydrogens (tertiary/aromatic N) is 2. The third-order valence-electron chi connectivity index (χ3n) is 4.74. The maximum atomic E-state index is 10.9. The van der Waals surface area contributed by atoms with Crippen molar-refractivity contribution in [3.05, 3.63) is 57.6 Å². The fourth-order valence-corrected chi connectivity index (χ4v) is 4.08. The molecule has 0 spiro atoms. The van der Waals surface area contributed by atoms with Crippen molar-refractivity contribution in [3.8, 4) is 10.7 Å². The van der Waals surface area contributed by atoms with E-state index in [2.05, 4.69) is 39.1 Å². The van der Waals surface area contributed by atoms with Crippen LogP contribution in [-0.4, -0.2) is 21.0 Å². The molecule has 0 bridgehead atoms. The van der Waals surface area contributed by atoms with Crippen molar-refractivity contribution in [1.82, 2.24) is 9.97 Å². The molecule has 0 amide bonds. The summed E-state index contributed by atoms with van der Waals surface area (Å²) in [6.45, 7) is 8.44. The normalized spacial score (nSPS) is 10.9. The number of benzene rings is 1. The molecule has 0 aliphatic rings. The molecule has 0 atom stereocenters. The van der Waals surface area contributed by atoms with E-state index in [4.69, 9.17) is 15.1 Å². The number of carboxylic acid groups (broad SMARTS) is 1. The molecule has 0 radical (unpaired) electrons. The number of carboxylic acids is 1. The number of thiophene rings is 1. The SMILES string of the molecule is CCc1nc(-c2cc(C)c(C)s2)nc(Nc2ccc(CC(=O)O)cc2)c1CC. The molecule has 146 valence electrons. The molecule has 2 N–H and O–H groups in total. The standard InChI is InChI=1S/C22H25N3O2S/c1-5-17-18(6-2)24-22(19-11-13(3)14(4)28-19)25-21(17)23-16-9-7-15(8-10-16)12-20(26)27/h7-11H,5-6,12H2,1-4H3,(H,26,27)(H,23,24,25). The molecular formula is C22H25N3O2S. The van der Waals surface area contributed by atoms with Gasteiger partial charge in [0.1, 0.15) is 5.82 Å². The fraction of sp³-hybridized carbons (Fsp3) is 0.318. The Balaban J connectivity index is 1.98. The minimum atomic E-state index is -0.830. The van der Waals surface area contributed by atoms with Gasteiger partial charge in [-0.05, 0) is 56.0 Å². The number of nitrogens with one attached hydrogen (secondary N) is 1. The third-order valence-corrected chi connectivity index (χ3v) is 5.89. The second kappa shape index (κ2) is 8.52. The molecule has 2 aromatic heterocycles. The van der Waals surface area contributed by atoms with Gasteiger partial charge in [-0.15, -0.1) is 11.3 Å². The van der Waals surface area contributed by atoms with E-state index < -0.39 is 5.97 Å². The first-order chi connectivity index (χ1) is 13.4. The van der Waals surface area contributed by atoms with E-state index in [0.29, 0.717) is 0 Å². The summed E-state index contributed by atoms with van der Waals surface area (Å²) in [6, 6.07) is 9.59. The van der Waals surface area contributed by atoms with Crippen LogP contribution in [0.2, 0.25) is 0 Å². The minimum absolute atomic E-state index is 0.0230. The zero-order valence-electron chi connectivity index (χ0n) is 16.7. The highest BCUT2D eigenvalue weighted by atomic mass is 32.1. The van der Waals surface area contributed by atoms with Crippen molar-refractivity contribution in [2.45, 2.75) is 47.0 Å². The maximum absolute atomic E-state index is 10.9. The van der Waals surface area contributed by atoms with Crippen molar-refractivity contribution >= 4 is 28.8 Å². The summed E-state index contributed by atoms with van der Waals surface area (Å²) in [6.07, 6.45) is 1.70. The third kappa shape index (κ3) is 4.39.